The lowest BCUT2D eigenvalue weighted by molar-refractivity contribution is -0.119. The average Bonchev–Trinajstić information content (AvgIpc) is 3.10. The van der Waals surface area contributed by atoms with Crippen LogP contribution in [-0.2, 0) is 4.79 Å². The maximum absolute atomic E-state index is 11.2. The van der Waals surface area contributed by atoms with E-state index in [4.69, 9.17) is 17.3 Å². The minimum atomic E-state index is -0.307. The van der Waals surface area contributed by atoms with Crippen molar-refractivity contribution < 1.29 is 4.79 Å². The molecule has 1 aromatic heterocycles. The Kier molecular flexibility index (Phi) is 4.25. The lowest BCUT2D eigenvalue weighted by atomic mass is 10.3. The van der Waals surface area contributed by atoms with Gasteiger partial charge in [-0.3, -0.25) is 4.79 Å². The molecule has 0 spiro atoms. The van der Waals surface area contributed by atoms with Gasteiger partial charge >= 0.3 is 0 Å². The second-order valence-electron chi connectivity index (χ2n) is 4.02. The average molecular weight is 272 g/mol. The van der Waals surface area contributed by atoms with Gasteiger partial charge in [-0.15, -0.1) is 11.8 Å². The van der Waals surface area contributed by atoms with Gasteiger partial charge in [0.05, 0.1) is 16.1 Å². The van der Waals surface area contributed by atoms with Crippen LogP contribution in [0.15, 0.2) is 23.4 Å². The Labute approximate surface area is 109 Å². The maximum atomic E-state index is 11.2. The largest absolute Gasteiger partial charge is 0.368 e. The van der Waals surface area contributed by atoms with Crippen LogP contribution in [0.1, 0.15) is 12.8 Å². The zero-order chi connectivity index (χ0) is 12.3. The van der Waals surface area contributed by atoms with E-state index in [0.717, 1.165) is 17.9 Å². The number of rotatable bonds is 6. The van der Waals surface area contributed by atoms with Gasteiger partial charge in [0, 0.05) is 18.0 Å². The van der Waals surface area contributed by atoms with Gasteiger partial charge in [0.1, 0.15) is 0 Å². The van der Waals surface area contributed by atoms with E-state index in [1.54, 1.807) is 12.3 Å². The summed E-state index contributed by atoms with van der Waals surface area (Å²) >= 11 is 7.25. The standard InChI is InChI=1S/C11H14ClN3OS/c12-7-1-4-10(14-5-7)17-6-9(11(13)16)15-8-2-3-8/h1,4-5,8-9,15H,2-3,6H2,(H2,13,16). The molecular formula is C11H14ClN3OS. The number of primary amides is 1. The molecule has 1 fully saturated rings. The Morgan fingerprint density at radius 3 is 2.94 bits per heavy atom. The number of hydrogen-bond donors (Lipinski definition) is 2. The SMILES string of the molecule is NC(=O)C(CSc1ccc(Cl)cn1)NC1CC1. The monoisotopic (exact) mass is 271 g/mol. The highest BCUT2D eigenvalue weighted by molar-refractivity contribution is 7.99. The van der Waals surface area contributed by atoms with Crippen LogP contribution >= 0.6 is 23.4 Å². The third kappa shape index (κ3) is 4.18. The van der Waals surface area contributed by atoms with Gasteiger partial charge in [0.2, 0.25) is 5.91 Å². The van der Waals surface area contributed by atoms with Gasteiger partial charge in [0.15, 0.2) is 0 Å². The fourth-order valence-electron chi connectivity index (χ4n) is 1.36. The molecule has 0 aromatic carbocycles. The van der Waals surface area contributed by atoms with Crippen molar-refractivity contribution in [2.45, 2.75) is 30.0 Å². The molecule has 1 unspecified atom stereocenters. The number of nitrogens with one attached hydrogen (secondary N) is 1. The molecule has 3 N–H and O–H groups in total. The summed E-state index contributed by atoms with van der Waals surface area (Å²) in [6, 6.07) is 3.79. The molecule has 2 rings (SSSR count). The minimum absolute atomic E-state index is 0.287. The first-order valence-corrected chi connectivity index (χ1v) is 6.81. The third-order valence-corrected chi connectivity index (χ3v) is 3.72. The summed E-state index contributed by atoms with van der Waals surface area (Å²) < 4.78 is 0. The number of amides is 1. The zero-order valence-electron chi connectivity index (χ0n) is 9.23. The highest BCUT2D eigenvalue weighted by Gasteiger charge is 2.27. The van der Waals surface area contributed by atoms with Crippen LogP contribution in [0.5, 0.6) is 0 Å². The summed E-state index contributed by atoms with van der Waals surface area (Å²) in [5.41, 5.74) is 5.34. The van der Waals surface area contributed by atoms with Crippen molar-refractivity contribution in [3.63, 3.8) is 0 Å². The van der Waals surface area contributed by atoms with Gasteiger partial charge in [-0.2, -0.15) is 0 Å². The molecule has 1 aliphatic carbocycles. The van der Waals surface area contributed by atoms with E-state index in [0.29, 0.717) is 16.8 Å². The molecule has 4 nitrogen and oxygen atoms in total. The predicted molar refractivity (Wildman–Crippen MR) is 69.1 cm³/mol. The first kappa shape index (κ1) is 12.7. The topological polar surface area (TPSA) is 68.0 Å². The second-order valence-corrected chi connectivity index (χ2v) is 5.50. The van der Waals surface area contributed by atoms with E-state index in [-0.39, 0.29) is 11.9 Å². The summed E-state index contributed by atoms with van der Waals surface area (Å²) in [4.78, 5) is 15.4. The minimum Gasteiger partial charge on any atom is -0.368 e. The molecule has 1 heterocycles. The zero-order valence-corrected chi connectivity index (χ0v) is 10.8. The Bertz CT molecular complexity index is 394. The molecule has 6 heteroatoms. The van der Waals surface area contributed by atoms with E-state index in [2.05, 4.69) is 10.3 Å². The molecule has 92 valence electrons. The molecule has 0 saturated heterocycles. The number of thioether (sulfide) groups is 1. The number of aromatic nitrogens is 1. The van der Waals surface area contributed by atoms with Crippen LogP contribution in [0.4, 0.5) is 0 Å². The number of hydrogen-bond acceptors (Lipinski definition) is 4. The van der Waals surface area contributed by atoms with Crippen molar-refractivity contribution in [3.8, 4) is 0 Å². The lowest BCUT2D eigenvalue weighted by Gasteiger charge is -2.13. The van der Waals surface area contributed by atoms with Crippen molar-refractivity contribution in [1.29, 1.82) is 0 Å². The van der Waals surface area contributed by atoms with Crippen molar-refractivity contribution >= 4 is 29.3 Å². The van der Waals surface area contributed by atoms with Crippen LogP contribution in [0.3, 0.4) is 0 Å². The van der Waals surface area contributed by atoms with Crippen LogP contribution in [0.25, 0.3) is 0 Å². The fraction of sp³-hybridized carbons (Fsp3) is 0.455. The quantitative estimate of drug-likeness (QED) is 0.768. The summed E-state index contributed by atoms with van der Waals surface area (Å²) in [6.45, 7) is 0. The molecule has 1 aliphatic rings. The fourth-order valence-corrected chi connectivity index (χ4v) is 2.36. The number of pyridine rings is 1. The van der Waals surface area contributed by atoms with Crippen LogP contribution < -0.4 is 11.1 Å². The molecule has 1 atom stereocenters. The second kappa shape index (κ2) is 5.71. The van der Waals surface area contributed by atoms with E-state index < -0.39 is 0 Å². The highest BCUT2D eigenvalue weighted by Crippen LogP contribution is 2.22. The molecule has 0 radical (unpaired) electrons. The molecular weight excluding hydrogens is 258 g/mol. The van der Waals surface area contributed by atoms with Crippen molar-refractivity contribution in [3.05, 3.63) is 23.4 Å². The maximum Gasteiger partial charge on any atom is 0.235 e. The molecule has 0 bridgehead atoms. The van der Waals surface area contributed by atoms with Gasteiger partial charge in [-0.1, -0.05) is 11.6 Å². The summed E-state index contributed by atoms with van der Waals surface area (Å²) in [5, 5.41) is 4.68. The Hall–Kier alpha value is -0.780. The summed E-state index contributed by atoms with van der Waals surface area (Å²) in [5.74, 6) is 0.291. The Balaban J connectivity index is 1.85. The van der Waals surface area contributed by atoms with E-state index in [9.17, 15) is 4.79 Å². The van der Waals surface area contributed by atoms with E-state index >= 15 is 0 Å². The molecule has 1 amide bonds. The lowest BCUT2D eigenvalue weighted by Crippen LogP contribution is -2.44. The predicted octanol–water partition coefficient (Wildman–Crippen LogP) is 1.43. The van der Waals surface area contributed by atoms with Gasteiger partial charge in [-0.05, 0) is 25.0 Å². The van der Waals surface area contributed by atoms with Crippen molar-refractivity contribution in [2.24, 2.45) is 5.73 Å². The number of carbonyl (C=O) groups is 1. The smallest absolute Gasteiger partial charge is 0.235 e. The van der Waals surface area contributed by atoms with Crippen LogP contribution in [-0.4, -0.2) is 28.7 Å². The molecule has 17 heavy (non-hydrogen) atoms. The van der Waals surface area contributed by atoms with Crippen LogP contribution in [0.2, 0.25) is 5.02 Å². The van der Waals surface area contributed by atoms with Gasteiger partial charge in [-0.25, -0.2) is 4.98 Å². The van der Waals surface area contributed by atoms with Gasteiger partial charge in [0.25, 0.3) is 0 Å². The molecule has 0 aliphatic heterocycles. The normalized spacial score (nSPS) is 16.8. The number of halogens is 1. The molecule has 1 aromatic rings. The number of nitrogens with zero attached hydrogens (tertiary/aromatic N) is 1. The third-order valence-electron chi connectivity index (χ3n) is 2.46. The first-order valence-electron chi connectivity index (χ1n) is 5.45. The summed E-state index contributed by atoms with van der Waals surface area (Å²) in [7, 11) is 0. The van der Waals surface area contributed by atoms with Crippen molar-refractivity contribution in [2.75, 3.05) is 5.75 Å². The number of carbonyl (C=O) groups excluding carboxylic acids is 1. The summed E-state index contributed by atoms with van der Waals surface area (Å²) in [6.07, 6.45) is 3.86. The van der Waals surface area contributed by atoms with Gasteiger partial charge < -0.3 is 11.1 Å². The first-order chi connectivity index (χ1) is 8.15. The van der Waals surface area contributed by atoms with E-state index in [1.165, 1.54) is 11.8 Å². The molecule has 1 saturated carbocycles. The Morgan fingerprint density at radius 1 is 1.65 bits per heavy atom. The van der Waals surface area contributed by atoms with Crippen molar-refractivity contribution in [1.82, 2.24) is 10.3 Å². The number of nitrogens with two attached hydrogens (primary N) is 1. The Morgan fingerprint density at radius 2 is 2.41 bits per heavy atom. The van der Waals surface area contributed by atoms with E-state index in [1.807, 2.05) is 6.07 Å². The highest BCUT2D eigenvalue weighted by atomic mass is 35.5. The van der Waals surface area contributed by atoms with Crippen LogP contribution in [0, 0.1) is 0 Å².